The van der Waals surface area contributed by atoms with E-state index in [0.29, 0.717) is 50.9 Å². The molecule has 9 nitrogen and oxygen atoms in total. The first kappa shape index (κ1) is 22.4. The molecule has 0 N–H and O–H groups in total. The number of carbonyl (C=O) groups is 2. The summed E-state index contributed by atoms with van der Waals surface area (Å²) in [6, 6.07) is 10.1. The standard InChI is InChI=1S/C23H33N7O2/c1-19-8-5-6-12-29(19)22(32)18-27-14-16-28(17-15-27)21(31)11-7-13-30-25-23(24-26-30)20-9-3-2-4-10-20/h2-4,9-10,19H,5-8,11-18H2,1H3. The predicted octanol–water partition coefficient (Wildman–Crippen LogP) is 1.67. The third-order valence-electron chi connectivity index (χ3n) is 6.44. The Labute approximate surface area is 189 Å². The molecule has 32 heavy (non-hydrogen) atoms. The summed E-state index contributed by atoms with van der Waals surface area (Å²) in [7, 11) is 0. The van der Waals surface area contributed by atoms with Crippen molar-refractivity contribution in [3.8, 4) is 11.4 Å². The highest BCUT2D eigenvalue weighted by Crippen LogP contribution is 2.17. The molecule has 2 fully saturated rings. The zero-order chi connectivity index (χ0) is 22.3. The molecule has 1 aromatic heterocycles. The van der Waals surface area contributed by atoms with E-state index in [1.807, 2.05) is 40.1 Å². The molecule has 2 aliphatic rings. The van der Waals surface area contributed by atoms with Gasteiger partial charge in [0.2, 0.25) is 17.6 Å². The van der Waals surface area contributed by atoms with Crippen molar-refractivity contribution in [1.29, 1.82) is 0 Å². The molecule has 3 heterocycles. The van der Waals surface area contributed by atoms with Crippen LogP contribution in [0.15, 0.2) is 30.3 Å². The number of amides is 2. The van der Waals surface area contributed by atoms with Gasteiger partial charge in [-0.1, -0.05) is 30.3 Å². The Hall–Kier alpha value is -2.81. The number of hydrogen-bond acceptors (Lipinski definition) is 6. The molecular weight excluding hydrogens is 406 g/mol. The van der Waals surface area contributed by atoms with Gasteiger partial charge in [0.15, 0.2) is 0 Å². The number of aryl methyl sites for hydroxylation is 1. The monoisotopic (exact) mass is 439 g/mol. The number of rotatable bonds is 7. The minimum absolute atomic E-state index is 0.157. The van der Waals surface area contributed by atoms with Gasteiger partial charge in [0, 0.05) is 50.7 Å². The molecule has 0 bridgehead atoms. The molecule has 172 valence electrons. The molecule has 1 atom stereocenters. The molecule has 0 radical (unpaired) electrons. The molecule has 0 spiro atoms. The van der Waals surface area contributed by atoms with Crippen LogP contribution in [0.4, 0.5) is 0 Å². The first-order valence-corrected chi connectivity index (χ1v) is 11.7. The smallest absolute Gasteiger partial charge is 0.236 e. The summed E-state index contributed by atoms with van der Waals surface area (Å²) in [6.07, 6.45) is 4.57. The van der Waals surface area contributed by atoms with Gasteiger partial charge in [-0.05, 0) is 37.8 Å². The minimum Gasteiger partial charge on any atom is -0.340 e. The van der Waals surface area contributed by atoms with E-state index in [-0.39, 0.29) is 11.8 Å². The molecule has 2 saturated heterocycles. The van der Waals surface area contributed by atoms with Crippen molar-refractivity contribution < 1.29 is 9.59 Å². The maximum atomic E-state index is 12.6. The molecule has 2 aliphatic heterocycles. The Bertz CT molecular complexity index is 893. The van der Waals surface area contributed by atoms with Crippen LogP contribution in [-0.2, 0) is 16.1 Å². The summed E-state index contributed by atoms with van der Waals surface area (Å²) in [5.74, 6) is 0.984. The van der Waals surface area contributed by atoms with Crippen molar-refractivity contribution in [1.82, 2.24) is 34.9 Å². The Morgan fingerprint density at radius 3 is 2.53 bits per heavy atom. The fraction of sp³-hybridized carbons (Fsp3) is 0.609. The van der Waals surface area contributed by atoms with E-state index >= 15 is 0 Å². The van der Waals surface area contributed by atoms with Crippen LogP contribution in [-0.4, -0.2) is 92.0 Å². The van der Waals surface area contributed by atoms with E-state index in [0.717, 1.165) is 38.0 Å². The normalized spacial score (nSPS) is 19.8. The van der Waals surface area contributed by atoms with Crippen LogP contribution < -0.4 is 0 Å². The maximum absolute atomic E-state index is 12.6. The van der Waals surface area contributed by atoms with Crippen molar-refractivity contribution in [2.45, 2.75) is 51.6 Å². The molecule has 9 heteroatoms. The second-order valence-electron chi connectivity index (χ2n) is 8.77. The second-order valence-corrected chi connectivity index (χ2v) is 8.77. The van der Waals surface area contributed by atoms with E-state index in [1.165, 1.54) is 6.42 Å². The lowest BCUT2D eigenvalue weighted by molar-refractivity contribution is -0.137. The van der Waals surface area contributed by atoms with E-state index in [4.69, 9.17) is 0 Å². The van der Waals surface area contributed by atoms with Crippen molar-refractivity contribution >= 4 is 11.8 Å². The Morgan fingerprint density at radius 2 is 1.78 bits per heavy atom. The Morgan fingerprint density at radius 1 is 1.00 bits per heavy atom. The molecule has 1 aromatic carbocycles. The third kappa shape index (κ3) is 5.70. The van der Waals surface area contributed by atoms with Crippen LogP contribution in [0, 0.1) is 0 Å². The van der Waals surface area contributed by atoms with Gasteiger partial charge in [-0.2, -0.15) is 4.80 Å². The van der Waals surface area contributed by atoms with Crippen LogP contribution in [0.5, 0.6) is 0 Å². The van der Waals surface area contributed by atoms with E-state index in [1.54, 1.807) is 4.80 Å². The van der Waals surface area contributed by atoms with Crippen molar-refractivity contribution in [3.05, 3.63) is 30.3 Å². The van der Waals surface area contributed by atoms with Crippen molar-refractivity contribution in [3.63, 3.8) is 0 Å². The summed E-state index contributed by atoms with van der Waals surface area (Å²) < 4.78 is 0. The fourth-order valence-corrected chi connectivity index (χ4v) is 4.48. The molecular formula is C23H33N7O2. The van der Waals surface area contributed by atoms with Crippen molar-refractivity contribution in [2.75, 3.05) is 39.3 Å². The topological polar surface area (TPSA) is 87.5 Å². The second kappa shape index (κ2) is 10.7. The average molecular weight is 440 g/mol. The maximum Gasteiger partial charge on any atom is 0.236 e. The van der Waals surface area contributed by atoms with E-state index in [9.17, 15) is 9.59 Å². The predicted molar refractivity (Wildman–Crippen MR) is 121 cm³/mol. The van der Waals surface area contributed by atoms with E-state index in [2.05, 4.69) is 27.2 Å². The lowest BCUT2D eigenvalue weighted by Gasteiger charge is -2.38. The summed E-state index contributed by atoms with van der Waals surface area (Å²) in [4.78, 5) is 32.9. The number of nitrogens with zero attached hydrogens (tertiary/aromatic N) is 7. The van der Waals surface area contributed by atoms with Gasteiger partial charge in [-0.25, -0.2) is 0 Å². The van der Waals surface area contributed by atoms with Gasteiger partial charge in [0.1, 0.15) is 0 Å². The van der Waals surface area contributed by atoms with Gasteiger partial charge in [0.25, 0.3) is 0 Å². The number of tetrazole rings is 1. The molecule has 0 aliphatic carbocycles. The first-order chi connectivity index (χ1) is 15.6. The number of carbonyl (C=O) groups excluding carboxylic acids is 2. The molecule has 2 aromatic rings. The molecule has 1 unspecified atom stereocenters. The van der Waals surface area contributed by atoms with Gasteiger partial charge in [-0.15, -0.1) is 10.2 Å². The molecule has 2 amide bonds. The molecule has 4 rings (SSSR count). The zero-order valence-corrected chi connectivity index (χ0v) is 18.9. The fourth-order valence-electron chi connectivity index (χ4n) is 4.48. The quantitative estimate of drug-likeness (QED) is 0.652. The number of piperazine rings is 1. The summed E-state index contributed by atoms with van der Waals surface area (Å²) in [5, 5.41) is 12.6. The summed E-state index contributed by atoms with van der Waals surface area (Å²) in [6.45, 7) is 6.93. The van der Waals surface area contributed by atoms with Gasteiger partial charge in [0.05, 0.1) is 13.1 Å². The van der Waals surface area contributed by atoms with Crippen LogP contribution in [0.3, 0.4) is 0 Å². The first-order valence-electron chi connectivity index (χ1n) is 11.7. The Balaban J connectivity index is 1.16. The lowest BCUT2D eigenvalue weighted by atomic mass is 10.0. The van der Waals surface area contributed by atoms with Crippen molar-refractivity contribution in [2.24, 2.45) is 0 Å². The highest BCUT2D eigenvalue weighted by molar-refractivity contribution is 5.79. The number of likely N-dealkylation sites (tertiary alicyclic amines) is 1. The summed E-state index contributed by atoms with van der Waals surface area (Å²) in [5.41, 5.74) is 0.931. The van der Waals surface area contributed by atoms with Crippen LogP contribution in [0.25, 0.3) is 11.4 Å². The minimum atomic E-state index is 0.157. The van der Waals surface area contributed by atoms with E-state index < -0.39 is 0 Å². The lowest BCUT2D eigenvalue weighted by Crippen LogP contribution is -2.53. The molecule has 0 saturated carbocycles. The number of hydrogen-bond donors (Lipinski definition) is 0. The van der Waals surface area contributed by atoms with Crippen LogP contribution in [0.2, 0.25) is 0 Å². The number of aromatic nitrogens is 4. The average Bonchev–Trinajstić information content (AvgIpc) is 3.29. The largest absolute Gasteiger partial charge is 0.340 e. The van der Waals surface area contributed by atoms with Crippen LogP contribution in [0.1, 0.15) is 39.0 Å². The van der Waals surface area contributed by atoms with Crippen LogP contribution >= 0.6 is 0 Å². The highest BCUT2D eigenvalue weighted by Gasteiger charge is 2.27. The highest BCUT2D eigenvalue weighted by atomic mass is 16.2. The van der Waals surface area contributed by atoms with Gasteiger partial charge >= 0.3 is 0 Å². The van der Waals surface area contributed by atoms with Gasteiger partial charge < -0.3 is 9.80 Å². The SMILES string of the molecule is CC1CCCCN1C(=O)CN1CCN(C(=O)CCCn2nnc(-c3ccccc3)n2)CC1. The van der Waals surface area contributed by atoms with Gasteiger partial charge in [-0.3, -0.25) is 14.5 Å². The summed E-state index contributed by atoms with van der Waals surface area (Å²) >= 11 is 0. The number of piperidine rings is 1. The third-order valence-corrected chi connectivity index (χ3v) is 6.44. The number of benzene rings is 1. The zero-order valence-electron chi connectivity index (χ0n) is 18.9. The Kier molecular flexibility index (Phi) is 7.47.